The summed E-state index contributed by atoms with van der Waals surface area (Å²) in [5, 5.41) is 2.00. The number of nitrogens with zero attached hydrogens (tertiary/aromatic N) is 3. The topological polar surface area (TPSA) is 30.3 Å². The first kappa shape index (κ1) is 19.3. The van der Waals surface area contributed by atoms with Crippen molar-refractivity contribution in [3.63, 3.8) is 0 Å². The van der Waals surface area contributed by atoms with Gasteiger partial charge in [-0.1, -0.05) is 41.9 Å². The van der Waals surface area contributed by atoms with Crippen molar-refractivity contribution < 1.29 is 4.74 Å². The van der Waals surface area contributed by atoms with E-state index in [4.69, 9.17) is 16.3 Å². The third-order valence-electron chi connectivity index (χ3n) is 5.78. The SMILES string of the molecule is Clc1ccc(-c2cncc(-c3cn(CCN4CCOCC4)c4ccccc34)c2)cc1. The standard InChI is InChI=1S/C25H24ClN3O/c26-22-7-5-19(6-8-22)20-15-21(17-27-16-20)24-18-29(25-4-2-1-3-23(24)25)10-9-28-11-13-30-14-12-28/h1-8,15-18H,9-14H2. The molecule has 0 N–H and O–H groups in total. The lowest BCUT2D eigenvalue weighted by atomic mass is 10.0. The number of hydrogen-bond donors (Lipinski definition) is 0. The van der Waals surface area contributed by atoms with Crippen molar-refractivity contribution in [1.82, 2.24) is 14.5 Å². The highest BCUT2D eigenvalue weighted by molar-refractivity contribution is 6.30. The molecule has 5 heteroatoms. The molecule has 5 rings (SSSR count). The number of para-hydroxylation sites is 1. The van der Waals surface area contributed by atoms with Crippen molar-refractivity contribution in [3.8, 4) is 22.3 Å². The highest BCUT2D eigenvalue weighted by Crippen LogP contribution is 2.32. The predicted molar refractivity (Wildman–Crippen MR) is 123 cm³/mol. The highest BCUT2D eigenvalue weighted by atomic mass is 35.5. The van der Waals surface area contributed by atoms with Crippen LogP contribution >= 0.6 is 11.6 Å². The van der Waals surface area contributed by atoms with Crippen LogP contribution in [-0.2, 0) is 11.3 Å². The molecule has 1 aliphatic rings. The number of ether oxygens (including phenoxy) is 1. The number of morpholine rings is 1. The number of aromatic nitrogens is 2. The molecule has 4 nitrogen and oxygen atoms in total. The van der Waals surface area contributed by atoms with Gasteiger partial charge in [-0.15, -0.1) is 0 Å². The first-order chi connectivity index (χ1) is 14.8. The lowest BCUT2D eigenvalue weighted by Crippen LogP contribution is -2.38. The second-order valence-electron chi connectivity index (χ2n) is 7.68. The van der Waals surface area contributed by atoms with Crippen LogP contribution in [0.1, 0.15) is 0 Å². The zero-order valence-electron chi connectivity index (χ0n) is 16.8. The van der Waals surface area contributed by atoms with E-state index in [1.54, 1.807) is 0 Å². The Hall–Kier alpha value is -2.66. The molecule has 4 aromatic rings. The average Bonchev–Trinajstić information content (AvgIpc) is 3.18. The molecule has 3 heterocycles. The second-order valence-corrected chi connectivity index (χ2v) is 8.11. The Morgan fingerprint density at radius 1 is 0.867 bits per heavy atom. The molecule has 2 aromatic carbocycles. The van der Waals surface area contributed by atoms with Crippen LogP contribution in [0.15, 0.2) is 73.2 Å². The van der Waals surface area contributed by atoms with Crippen molar-refractivity contribution in [1.29, 1.82) is 0 Å². The number of halogens is 1. The van der Waals surface area contributed by atoms with Crippen molar-refractivity contribution in [2.24, 2.45) is 0 Å². The summed E-state index contributed by atoms with van der Waals surface area (Å²) in [6.07, 6.45) is 6.13. The van der Waals surface area contributed by atoms with Crippen molar-refractivity contribution in [3.05, 3.63) is 78.2 Å². The largest absolute Gasteiger partial charge is 0.379 e. The molecule has 0 unspecified atom stereocenters. The monoisotopic (exact) mass is 417 g/mol. The van der Waals surface area contributed by atoms with E-state index in [1.165, 1.54) is 16.5 Å². The van der Waals surface area contributed by atoms with Gasteiger partial charge in [0.05, 0.1) is 13.2 Å². The fourth-order valence-electron chi connectivity index (χ4n) is 4.12. The molecule has 0 bridgehead atoms. The van der Waals surface area contributed by atoms with E-state index < -0.39 is 0 Å². The maximum absolute atomic E-state index is 6.05. The van der Waals surface area contributed by atoms with Crippen LogP contribution in [0.2, 0.25) is 5.02 Å². The van der Waals surface area contributed by atoms with Gasteiger partial charge < -0.3 is 9.30 Å². The van der Waals surface area contributed by atoms with E-state index in [0.29, 0.717) is 0 Å². The van der Waals surface area contributed by atoms with Gasteiger partial charge in [0, 0.05) is 77.4 Å². The number of benzene rings is 2. The molecule has 0 radical (unpaired) electrons. The summed E-state index contributed by atoms with van der Waals surface area (Å²) in [5.41, 5.74) is 5.82. The molecule has 1 aliphatic heterocycles. The van der Waals surface area contributed by atoms with Crippen LogP contribution in [0.25, 0.3) is 33.2 Å². The highest BCUT2D eigenvalue weighted by Gasteiger charge is 2.14. The van der Waals surface area contributed by atoms with Gasteiger partial charge in [-0.2, -0.15) is 0 Å². The van der Waals surface area contributed by atoms with E-state index in [0.717, 1.165) is 61.1 Å². The number of fused-ring (bicyclic) bond motifs is 1. The third kappa shape index (κ3) is 3.99. The Morgan fingerprint density at radius 3 is 2.47 bits per heavy atom. The maximum atomic E-state index is 6.05. The van der Waals surface area contributed by atoms with Gasteiger partial charge in [-0.25, -0.2) is 0 Å². The fraction of sp³-hybridized carbons (Fsp3) is 0.240. The van der Waals surface area contributed by atoms with Gasteiger partial charge >= 0.3 is 0 Å². The zero-order valence-corrected chi connectivity index (χ0v) is 17.6. The molecule has 2 aromatic heterocycles. The average molecular weight is 418 g/mol. The Morgan fingerprint density at radius 2 is 1.63 bits per heavy atom. The quantitative estimate of drug-likeness (QED) is 0.438. The first-order valence-corrected chi connectivity index (χ1v) is 10.7. The number of rotatable bonds is 5. The molecular formula is C25H24ClN3O. The minimum Gasteiger partial charge on any atom is -0.379 e. The smallest absolute Gasteiger partial charge is 0.0594 e. The third-order valence-corrected chi connectivity index (χ3v) is 6.03. The summed E-state index contributed by atoms with van der Waals surface area (Å²) in [6.45, 7) is 5.69. The van der Waals surface area contributed by atoms with E-state index in [9.17, 15) is 0 Å². The lowest BCUT2D eigenvalue weighted by Gasteiger charge is -2.26. The number of pyridine rings is 1. The van der Waals surface area contributed by atoms with Crippen LogP contribution in [0.3, 0.4) is 0 Å². The van der Waals surface area contributed by atoms with Crippen LogP contribution in [0.4, 0.5) is 0 Å². The van der Waals surface area contributed by atoms with Gasteiger partial charge in [0.1, 0.15) is 0 Å². The molecular weight excluding hydrogens is 394 g/mol. The van der Waals surface area contributed by atoms with E-state index in [1.807, 2.05) is 36.7 Å². The van der Waals surface area contributed by atoms with Crippen molar-refractivity contribution >= 4 is 22.5 Å². The molecule has 0 atom stereocenters. The minimum atomic E-state index is 0.742. The molecule has 0 aliphatic carbocycles. The van der Waals surface area contributed by atoms with Crippen LogP contribution < -0.4 is 0 Å². The summed E-state index contributed by atoms with van der Waals surface area (Å²) in [7, 11) is 0. The Balaban J connectivity index is 1.48. The predicted octanol–water partition coefficient (Wildman–Crippen LogP) is 5.36. The molecule has 0 spiro atoms. The van der Waals surface area contributed by atoms with Crippen molar-refractivity contribution in [2.75, 3.05) is 32.8 Å². The minimum absolute atomic E-state index is 0.742. The maximum Gasteiger partial charge on any atom is 0.0594 e. The number of hydrogen-bond acceptors (Lipinski definition) is 3. The molecule has 152 valence electrons. The van der Waals surface area contributed by atoms with Crippen LogP contribution in [0.5, 0.6) is 0 Å². The fourth-order valence-corrected chi connectivity index (χ4v) is 4.25. The summed E-state index contributed by atoms with van der Waals surface area (Å²) >= 11 is 6.05. The summed E-state index contributed by atoms with van der Waals surface area (Å²) in [5.74, 6) is 0. The lowest BCUT2D eigenvalue weighted by molar-refractivity contribution is 0.0365. The molecule has 30 heavy (non-hydrogen) atoms. The summed E-state index contributed by atoms with van der Waals surface area (Å²) in [4.78, 5) is 7.00. The summed E-state index contributed by atoms with van der Waals surface area (Å²) < 4.78 is 7.85. The molecule has 1 saturated heterocycles. The summed E-state index contributed by atoms with van der Waals surface area (Å²) in [6, 6.07) is 18.7. The van der Waals surface area contributed by atoms with E-state index in [2.05, 4.69) is 51.0 Å². The van der Waals surface area contributed by atoms with Gasteiger partial charge in [-0.3, -0.25) is 9.88 Å². The first-order valence-electron chi connectivity index (χ1n) is 10.4. The van der Waals surface area contributed by atoms with E-state index in [-0.39, 0.29) is 0 Å². The normalized spacial score (nSPS) is 15.0. The molecule has 0 amide bonds. The van der Waals surface area contributed by atoms with E-state index >= 15 is 0 Å². The van der Waals surface area contributed by atoms with Gasteiger partial charge in [0.25, 0.3) is 0 Å². The van der Waals surface area contributed by atoms with Crippen LogP contribution in [0, 0.1) is 0 Å². The molecule has 0 saturated carbocycles. The van der Waals surface area contributed by atoms with Gasteiger partial charge in [0.15, 0.2) is 0 Å². The Bertz CT molecular complexity index is 1150. The Kier molecular flexibility index (Phi) is 5.54. The van der Waals surface area contributed by atoms with Crippen LogP contribution in [-0.4, -0.2) is 47.3 Å². The van der Waals surface area contributed by atoms with Crippen molar-refractivity contribution in [2.45, 2.75) is 6.54 Å². The zero-order chi connectivity index (χ0) is 20.3. The van der Waals surface area contributed by atoms with Gasteiger partial charge in [-0.05, 0) is 29.8 Å². The molecule has 1 fully saturated rings. The van der Waals surface area contributed by atoms with Gasteiger partial charge in [0.2, 0.25) is 0 Å². The Labute approximate surface area is 181 Å². The second kappa shape index (κ2) is 8.60.